The van der Waals surface area contributed by atoms with E-state index < -0.39 is 17.7 Å². The lowest BCUT2D eigenvalue weighted by Gasteiger charge is -2.33. The molecule has 0 radical (unpaired) electrons. The number of hydrogen-bond donors (Lipinski definition) is 1. The Morgan fingerprint density at radius 2 is 1.75 bits per heavy atom. The fourth-order valence-electron chi connectivity index (χ4n) is 4.88. The number of rotatable bonds is 10. The molecule has 2 aromatic carbocycles. The molecule has 0 spiro atoms. The molecule has 2 unspecified atom stereocenters. The molecular formula is C29H36N2O5. The van der Waals surface area contributed by atoms with E-state index in [1.807, 2.05) is 37.3 Å². The van der Waals surface area contributed by atoms with Crippen LogP contribution in [-0.2, 0) is 14.3 Å². The fourth-order valence-corrected chi connectivity index (χ4v) is 4.88. The van der Waals surface area contributed by atoms with Crippen molar-refractivity contribution in [3.63, 3.8) is 0 Å². The number of hydrogen-bond acceptors (Lipinski definition) is 6. The zero-order valence-electron chi connectivity index (χ0n) is 21.2. The summed E-state index contributed by atoms with van der Waals surface area (Å²) in [5.41, 5.74) is 1.67. The lowest BCUT2D eigenvalue weighted by Crippen LogP contribution is -2.45. The van der Waals surface area contributed by atoms with Gasteiger partial charge < -0.3 is 19.5 Å². The second kappa shape index (κ2) is 12.2. The van der Waals surface area contributed by atoms with E-state index in [9.17, 15) is 14.7 Å². The quantitative estimate of drug-likeness (QED) is 0.233. The monoisotopic (exact) mass is 492 g/mol. The third-order valence-electron chi connectivity index (χ3n) is 7.04. The predicted octanol–water partition coefficient (Wildman–Crippen LogP) is 4.05. The zero-order valence-corrected chi connectivity index (χ0v) is 21.2. The van der Waals surface area contributed by atoms with Gasteiger partial charge in [0.2, 0.25) is 0 Å². The Labute approximate surface area is 213 Å². The van der Waals surface area contributed by atoms with Crippen LogP contribution in [0.2, 0.25) is 0 Å². The number of aliphatic hydroxyl groups excluding tert-OH is 1. The summed E-state index contributed by atoms with van der Waals surface area (Å²) in [4.78, 5) is 30.4. The van der Waals surface area contributed by atoms with E-state index in [2.05, 4.69) is 11.8 Å². The molecule has 7 heteroatoms. The molecule has 2 heterocycles. The van der Waals surface area contributed by atoms with Gasteiger partial charge in [-0.1, -0.05) is 50.6 Å². The number of likely N-dealkylation sites (tertiary alicyclic amines) is 1. The number of aliphatic hydroxyl groups is 1. The van der Waals surface area contributed by atoms with Crippen LogP contribution in [0.4, 0.5) is 0 Å². The van der Waals surface area contributed by atoms with E-state index in [4.69, 9.17) is 9.47 Å². The van der Waals surface area contributed by atoms with Crippen molar-refractivity contribution < 1.29 is 24.2 Å². The third kappa shape index (κ3) is 5.79. The number of carbonyl (C=O) groups is 2. The van der Waals surface area contributed by atoms with Crippen molar-refractivity contribution in [3.05, 3.63) is 71.3 Å². The highest BCUT2D eigenvalue weighted by atomic mass is 16.5. The number of amides is 1. The summed E-state index contributed by atoms with van der Waals surface area (Å²) in [5.74, 6) is -0.807. The van der Waals surface area contributed by atoms with Gasteiger partial charge in [0, 0.05) is 37.7 Å². The van der Waals surface area contributed by atoms with Gasteiger partial charge in [-0.2, -0.15) is 0 Å². The van der Waals surface area contributed by atoms with Crippen LogP contribution in [0.5, 0.6) is 5.75 Å². The molecule has 2 saturated heterocycles. The Kier molecular flexibility index (Phi) is 8.78. The third-order valence-corrected chi connectivity index (χ3v) is 7.04. The number of carbonyl (C=O) groups excluding carboxylic acids is 2. The second-order valence-corrected chi connectivity index (χ2v) is 9.41. The van der Waals surface area contributed by atoms with Crippen LogP contribution in [0.25, 0.3) is 5.76 Å². The van der Waals surface area contributed by atoms with E-state index in [-0.39, 0.29) is 17.3 Å². The van der Waals surface area contributed by atoms with Crippen molar-refractivity contribution in [1.82, 2.24) is 9.80 Å². The molecule has 4 rings (SSSR count). The Balaban J connectivity index is 1.65. The van der Waals surface area contributed by atoms with Gasteiger partial charge in [-0.25, -0.2) is 0 Å². The SMILES string of the molecule is CCCCOc1ccc(/C(O)=C2\C(=O)C(=O)N(CCN3CCOCC3)C2C(C)c2ccccc2)cc1. The van der Waals surface area contributed by atoms with Gasteiger partial charge in [0.05, 0.1) is 31.4 Å². The highest BCUT2D eigenvalue weighted by Crippen LogP contribution is 2.37. The van der Waals surface area contributed by atoms with E-state index >= 15 is 0 Å². The lowest BCUT2D eigenvalue weighted by molar-refractivity contribution is -0.140. The molecule has 0 saturated carbocycles. The van der Waals surface area contributed by atoms with E-state index in [0.29, 0.717) is 44.2 Å². The molecule has 2 aliphatic heterocycles. The summed E-state index contributed by atoms with van der Waals surface area (Å²) in [6.07, 6.45) is 2.01. The molecule has 1 N–H and O–H groups in total. The van der Waals surface area contributed by atoms with Crippen molar-refractivity contribution in [1.29, 1.82) is 0 Å². The molecule has 192 valence electrons. The van der Waals surface area contributed by atoms with Crippen molar-refractivity contribution in [2.45, 2.75) is 38.6 Å². The maximum atomic E-state index is 13.3. The van der Waals surface area contributed by atoms with Crippen LogP contribution in [0.3, 0.4) is 0 Å². The molecular weight excluding hydrogens is 456 g/mol. The van der Waals surface area contributed by atoms with Gasteiger partial charge in [0.15, 0.2) is 0 Å². The minimum absolute atomic E-state index is 0.143. The molecule has 2 aromatic rings. The van der Waals surface area contributed by atoms with Gasteiger partial charge in [-0.05, 0) is 36.2 Å². The topological polar surface area (TPSA) is 79.3 Å². The molecule has 2 atom stereocenters. The number of Topliss-reactive ketones (excluding diaryl/α,β-unsaturated/α-hetero) is 1. The van der Waals surface area contributed by atoms with Crippen molar-refractivity contribution in [2.24, 2.45) is 0 Å². The van der Waals surface area contributed by atoms with Crippen molar-refractivity contribution >= 4 is 17.4 Å². The fraction of sp³-hybridized carbons (Fsp3) is 0.448. The molecule has 7 nitrogen and oxygen atoms in total. The van der Waals surface area contributed by atoms with Crippen molar-refractivity contribution in [3.8, 4) is 5.75 Å². The zero-order chi connectivity index (χ0) is 25.5. The second-order valence-electron chi connectivity index (χ2n) is 9.41. The van der Waals surface area contributed by atoms with Crippen LogP contribution in [0.15, 0.2) is 60.2 Å². The van der Waals surface area contributed by atoms with Gasteiger partial charge >= 0.3 is 0 Å². The average Bonchev–Trinajstić information content (AvgIpc) is 3.17. The summed E-state index contributed by atoms with van der Waals surface area (Å²) in [6, 6.07) is 16.3. The first kappa shape index (κ1) is 25.9. The lowest BCUT2D eigenvalue weighted by atomic mass is 9.87. The molecule has 2 fully saturated rings. The number of nitrogens with zero attached hydrogens (tertiary/aromatic N) is 2. The first-order valence-corrected chi connectivity index (χ1v) is 12.9. The van der Waals surface area contributed by atoms with Gasteiger partial charge in [-0.15, -0.1) is 0 Å². The average molecular weight is 493 g/mol. The minimum atomic E-state index is -0.634. The van der Waals surface area contributed by atoms with Crippen LogP contribution in [0, 0.1) is 0 Å². The summed E-state index contributed by atoms with van der Waals surface area (Å²) in [5, 5.41) is 11.3. The number of benzene rings is 2. The van der Waals surface area contributed by atoms with Gasteiger partial charge in [0.25, 0.3) is 11.7 Å². The minimum Gasteiger partial charge on any atom is -0.507 e. The molecule has 0 bridgehead atoms. The number of morpholine rings is 1. The van der Waals surface area contributed by atoms with E-state index in [0.717, 1.165) is 31.5 Å². The van der Waals surface area contributed by atoms with E-state index in [1.54, 1.807) is 29.2 Å². The maximum Gasteiger partial charge on any atom is 0.295 e. The van der Waals surface area contributed by atoms with Crippen LogP contribution in [-0.4, -0.2) is 78.6 Å². The Morgan fingerprint density at radius 3 is 2.42 bits per heavy atom. The Morgan fingerprint density at radius 1 is 1.06 bits per heavy atom. The molecule has 1 amide bonds. The molecule has 2 aliphatic rings. The normalized spacial score (nSPS) is 21.1. The van der Waals surface area contributed by atoms with Crippen molar-refractivity contribution in [2.75, 3.05) is 46.0 Å². The van der Waals surface area contributed by atoms with Crippen LogP contribution < -0.4 is 4.74 Å². The Bertz CT molecular complexity index is 1060. The standard InChI is InChI=1S/C29H36N2O5/c1-3-4-18-36-24-12-10-23(11-13-24)27(32)25-26(21(2)22-8-6-5-7-9-22)31(29(34)28(25)33)15-14-30-16-19-35-20-17-30/h5-13,21,26,32H,3-4,14-20H2,1-2H3/b27-25+. The predicted molar refractivity (Wildman–Crippen MR) is 139 cm³/mol. The van der Waals surface area contributed by atoms with Gasteiger partial charge in [-0.3, -0.25) is 14.5 Å². The number of ether oxygens (including phenoxy) is 2. The molecule has 0 aromatic heterocycles. The summed E-state index contributed by atoms with van der Waals surface area (Å²) in [7, 11) is 0. The maximum absolute atomic E-state index is 13.3. The summed E-state index contributed by atoms with van der Waals surface area (Å²) >= 11 is 0. The molecule has 0 aliphatic carbocycles. The van der Waals surface area contributed by atoms with Gasteiger partial charge in [0.1, 0.15) is 11.5 Å². The highest BCUT2D eigenvalue weighted by molar-refractivity contribution is 6.46. The largest absolute Gasteiger partial charge is 0.507 e. The number of unbranched alkanes of at least 4 members (excludes halogenated alkanes) is 1. The van der Waals surface area contributed by atoms with Crippen LogP contribution >= 0.6 is 0 Å². The smallest absolute Gasteiger partial charge is 0.295 e. The summed E-state index contributed by atoms with van der Waals surface area (Å²) in [6.45, 7) is 8.74. The van der Waals surface area contributed by atoms with Crippen LogP contribution in [0.1, 0.15) is 43.7 Å². The van der Waals surface area contributed by atoms with E-state index in [1.165, 1.54) is 0 Å². The molecule has 36 heavy (non-hydrogen) atoms. The number of ketones is 1. The first-order chi connectivity index (χ1) is 17.5. The first-order valence-electron chi connectivity index (χ1n) is 12.9. The highest BCUT2D eigenvalue weighted by Gasteiger charge is 2.47. The summed E-state index contributed by atoms with van der Waals surface area (Å²) < 4.78 is 11.2. The Hall–Kier alpha value is -3.16.